The number of aromatic hydroxyl groups is 1. The number of Topliss-reactive ketones (excluding diaryl/α,β-unsaturated/α-hetero) is 2. The quantitative estimate of drug-likeness (QED) is 0.194. The summed E-state index contributed by atoms with van der Waals surface area (Å²) in [6.07, 6.45) is 0.141. The predicted octanol–water partition coefficient (Wildman–Crippen LogP) is 1.06. The molecular formula is C31H34N4O9. The van der Waals surface area contributed by atoms with Gasteiger partial charge in [-0.25, -0.2) is 0 Å². The number of aliphatic hydroxyl groups is 3. The first kappa shape index (κ1) is 30.9. The van der Waals surface area contributed by atoms with E-state index in [1.54, 1.807) is 51.5 Å². The van der Waals surface area contributed by atoms with Crippen molar-refractivity contribution in [1.82, 2.24) is 9.96 Å². The van der Waals surface area contributed by atoms with Crippen LogP contribution in [-0.4, -0.2) is 100 Å². The van der Waals surface area contributed by atoms with Crippen LogP contribution in [0.3, 0.4) is 0 Å². The summed E-state index contributed by atoms with van der Waals surface area (Å²) in [4.78, 5) is 58.1. The summed E-state index contributed by atoms with van der Waals surface area (Å²) in [6, 6.07) is 8.81. The van der Waals surface area contributed by atoms with Gasteiger partial charge in [-0.05, 0) is 67.7 Å². The Morgan fingerprint density at radius 2 is 1.73 bits per heavy atom. The summed E-state index contributed by atoms with van der Waals surface area (Å²) in [5.41, 5.74) is 4.02. The van der Waals surface area contributed by atoms with E-state index in [2.05, 4.69) is 5.32 Å². The minimum Gasteiger partial charge on any atom is -0.508 e. The van der Waals surface area contributed by atoms with Crippen molar-refractivity contribution in [3.05, 3.63) is 64.4 Å². The number of anilines is 1. The average molecular weight is 607 g/mol. The van der Waals surface area contributed by atoms with Gasteiger partial charge in [0.1, 0.15) is 29.4 Å². The molecule has 13 heteroatoms. The van der Waals surface area contributed by atoms with E-state index in [0.29, 0.717) is 22.4 Å². The Morgan fingerprint density at radius 1 is 1.07 bits per heavy atom. The molecule has 13 nitrogen and oxygen atoms in total. The van der Waals surface area contributed by atoms with Gasteiger partial charge in [-0.2, -0.15) is 5.06 Å². The Morgan fingerprint density at radius 3 is 2.32 bits per heavy atom. The number of fused-ring (bicyclic) bond motifs is 3. The highest BCUT2D eigenvalue weighted by Gasteiger charge is 2.64. The minimum absolute atomic E-state index is 0.00114. The number of likely N-dealkylation sites (N-methyl/N-ethyl adjacent to an activating group) is 2. The fourth-order valence-corrected chi connectivity index (χ4v) is 6.71. The van der Waals surface area contributed by atoms with Crippen LogP contribution in [0.2, 0.25) is 0 Å². The summed E-state index contributed by atoms with van der Waals surface area (Å²) in [5.74, 6) is -7.31. The van der Waals surface area contributed by atoms with Crippen LogP contribution in [0.15, 0.2) is 53.3 Å². The number of aliphatic hydroxyl groups excluding tert-OH is 2. The van der Waals surface area contributed by atoms with Crippen molar-refractivity contribution in [3.63, 3.8) is 0 Å². The lowest BCUT2D eigenvalue weighted by Crippen LogP contribution is -2.65. The topological polar surface area (TPSA) is 203 Å². The van der Waals surface area contributed by atoms with Crippen LogP contribution < -0.4 is 11.1 Å². The Balaban J connectivity index is 1.58. The number of rotatable bonds is 7. The number of phenols is 1. The molecule has 0 unspecified atom stereocenters. The monoisotopic (exact) mass is 606 g/mol. The van der Waals surface area contributed by atoms with Crippen molar-refractivity contribution in [3.8, 4) is 16.9 Å². The summed E-state index contributed by atoms with van der Waals surface area (Å²) >= 11 is 0. The molecule has 2 amide bonds. The number of nitrogens with one attached hydrogen (secondary N) is 1. The van der Waals surface area contributed by atoms with Crippen molar-refractivity contribution in [1.29, 1.82) is 0 Å². The molecule has 0 aliphatic heterocycles. The van der Waals surface area contributed by atoms with Gasteiger partial charge in [0.25, 0.3) is 5.91 Å². The lowest BCUT2D eigenvalue weighted by molar-refractivity contribution is -0.153. The highest BCUT2D eigenvalue weighted by atomic mass is 16.7. The third kappa shape index (κ3) is 4.74. The number of amides is 2. The summed E-state index contributed by atoms with van der Waals surface area (Å²) in [5, 5.41) is 49.1. The summed E-state index contributed by atoms with van der Waals surface area (Å²) < 4.78 is 0. The zero-order chi connectivity index (χ0) is 32.2. The van der Waals surface area contributed by atoms with E-state index in [0.717, 1.165) is 0 Å². The number of nitrogens with zero attached hydrogens (tertiary/aromatic N) is 2. The largest absolute Gasteiger partial charge is 0.508 e. The lowest BCUT2D eigenvalue weighted by Gasteiger charge is -2.50. The number of benzene rings is 2. The van der Waals surface area contributed by atoms with Crippen LogP contribution in [0, 0.1) is 11.8 Å². The van der Waals surface area contributed by atoms with Gasteiger partial charge < -0.3 is 36.3 Å². The fraction of sp³-hybridized carbons (Fsp3) is 0.355. The van der Waals surface area contributed by atoms with E-state index < -0.39 is 58.0 Å². The fourth-order valence-electron chi connectivity index (χ4n) is 6.71. The van der Waals surface area contributed by atoms with Crippen LogP contribution >= 0.6 is 0 Å². The van der Waals surface area contributed by atoms with Crippen molar-refractivity contribution in [2.45, 2.75) is 24.5 Å². The molecule has 0 aromatic heterocycles. The maximum absolute atomic E-state index is 14.0. The molecule has 7 N–H and O–H groups in total. The lowest BCUT2D eigenvalue weighted by atomic mass is 9.57. The third-order valence-electron chi connectivity index (χ3n) is 8.76. The van der Waals surface area contributed by atoms with Crippen molar-refractivity contribution >= 4 is 34.8 Å². The molecule has 1 fully saturated rings. The third-order valence-corrected chi connectivity index (χ3v) is 8.76. The predicted molar refractivity (Wildman–Crippen MR) is 158 cm³/mol. The smallest absolute Gasteiger partial charge is 0.255 e. The molecule has 5 rings (SSSR count). The van der Waals surface area contributed by atoms with Crippen molar-refractivity contribution < 1.29 is 44.4 Å². The summed E-state index contributed by atoms with van der Waals surface area (Å²) in [7, 11) is 6.17. The van der Waals surface area contributed by atoms with Gasteiger partial charge in [-0.1, -0.05) is 18.2 Å². The Bertz CT molecular complexity index is 1650. The van der Waals surface area contributed by atoms with Crippen LogP contribution in [0.25, 0.3) is 16.9 Å². The van der Waals surface area contributed by atoms with Gasteiger partial charge >= 0.3 is 0 Å². The number of primary amides is 1. The molecule has 2 aromatic carbocycles. The van der Waals surface area contributed by atoms with E-state index >= 15 is 0 Å². The number of hydrogen-bond donors (Lipinski definition) is 6. The Kier molecular flexibility index (Phi) is 7.84. The number of hydrogen-bond acceptors (Lipinski definition) is 11. The van der Waals surface area contributed by atoms with Gasteiger partial charge in [0.15, 0.2) is 11.4 Å². The van der Waals surface area contributed by atoms with Crippen LogP contribution in [0.1, 0.15) is 17.5 Å². The molecule has 0 radical (unpaired) electrons. The number of carbonyl (C=O) groups excluding carboxylic acids is 4. The maximum Gasteiger partial charge on any atom is 0.255 e. The molecular weight excluding hydrogens is 572 g/mol. The molecule has 44 heavy (non-hydrogen) atoms. The standard InChI is InChI=1S/C31H34N4O9/c1-34(2)25-19-12-15-11-18-17(14-5-7-16(8-6-14)33-21(37)13-35(3)44-4)9-10-20(36)23(18)26(38)22(15)28(40)31(19,43)29(41)24(27(25)39)30(32)42/h5-10,15,19,25,36,38,41,43H,11-13H2,1-4H3,(H2,32,42)(H,33,37)/t15-,19-,25-,31-/m0/s1. The van der Waals surface area contributed by atoms with Gasteiger partial charge in [0.2, 0.25) is 11.7 Å². The first-order chi connectivity index (χ1) is 20.7. The molecule has 3 aliphatic carbocycles. The molecule has 232 valence electrons. The Labute approximate surface area is 252 Å². The number of ketones is 2. The van der Waals surface area contributed by atoms with Crippen LogP contribution in [0.5, 0.6) is 5.75 Å². The highest BCUT2D eigenvalue weighted by molar-refractivity contribution is 6.24. The first-order valence-electron chi connectivity index (χ1n) is 13.9. The molecule has 2 aromatic rings. The first-order valence-corrected chi connectivity index (χ1v) is 13.9. The second kappa shape index (κ2) is 11.2. The van der Waals surface area contributed by atoms with Crippen molar-refractivity contribution in [2.75, 3.05) is 40.1 Å². The summed E-state index contributed by atoms with van der Waals surface area (Å²) in [6.45, 7) is 0.0194. The molecule has 1 saturated carbocycles. The van der Waals surface area contributed by atoms with E-state index in [1.165, 1.54) is 23.1 Å². The van der Waals surface area contributed by atoms with Crippen LogP contribution in [0.4, 0.5) is 5.69 Å². The molecule has 0 heterocycles. The highest BCUT2D eigenvalue weighted by Crippen LogP contribution is 2.53. The molecule has 0 bridgehead atoms. The van der Waals surface area contributed by atoms with E-state index in [-0.39, 0.29) is 42.2 Å². The number of phenolic OH excluding ortho intramolecular Hbond substituents is 1. The van der Waals surface area contributed by atoms with Gasteiger partial charge in [-0.15, -0.1) is 0 Å². The molecule has 3 aliphatic rings. The zero-order valence-electron chi connectivity index (χ0n) is 24.6. The normalized spacial score (nSPS) is 24.8. The Hall–Kier alpha value is -4.56. The number of nitrogens with two attached hydrogens (primary N) is 1. The molecule has 4 atom stereocenters. The van der Waals surface area contributed by atoms with Gasteiger partial charge in [0, 0.05) is 24.2 Å². The van der Waals surface area contributed by atoms with Gasteiger partial charge in [-0.3, -0.25) is 24.1 Å². The second-order valence-electron chi connectivity index (χ2n) is 11.5. The second-order valence-corrected chi connectivity index (χ2v) is 11.5. The number of carbonyl (C=O) groups is 4. The molecule has 0 spiro atoms. The van der Waals surface area contributed by atoms with E-state index in [4.69, 9.17) is 10.6 Å². The van der Waals surface area contributed by atoms with E-state index in [1.807, 2.05) is 0 Å². The average Bonchev–Trinajstić information content (AvgIpc) is 2.95. The SMILES string of the molecule is CON(C)CC(=O)Nc1ccc(-c2ccc(O)c3c2C[C@H]2C[C@H]4[C@H](N(C)C)C(=O)C(C(N)=O)=C(O)[C@@]4(O)C(=O)C2=C3O)cc1. The minimum atomic E-state index is -2.70. The van der Waals surface area contributed by atoms with Crippen LogP contribution in [-0.2, 0) is 30.4 Å². The zero-order valence-corrected chi connectivity index (χ0v) is 24.6. The molecule has 0 saturated heterocycles. The van der Waals surface area contributed by atoms with Gasteiger partial charge in [0.05, 0.1) is 18.7 Å². The number of hydroxylamine groups is 2. The van der Waals surface area contributed by atoms with E-state index in [9.17, 15) is 39.6 Å². The van der Waals surface area contributed by atoms with Crippen molar-refractivity contribution in [2.24, 2.45) is 17.6 Å². The maximum atomic E-state index is 14.0.